The Morgan fingerprint density at radius 1 is 1.64 bits per heavy atom. The van der Waals surface area contributed by atoms with Crippen LogP contribution in [0.15, 0.2) is 11.6 Å². The van der Waals surface area contributed by atoms with Crippen LogP contribution in [-0.2, 0) is 0 Å². The highest BCUT2D eigenvalue weighted by Gasteiger charge is 2.49. The summed E-state index contributed by atoms with van der Waals surface area (Å²) in [5.41, 5.74) is 0.669. The molecule has 0 aromatic heterocycles. The minimum atomic E-state index is -4.22. The van der Waals surface area contributed by atoms with Crippen molar-refractivity contribution in [1.29, 1.82) is 0 Å². The van der Waals surface area contributed by atoms with E-state index in [9.17, 15) is 13.2 Å². The Morgan fingerprint density at radius 2 is 2.27 bits per heavy atom. The van der Waals surface area contributed by atoms with Gasteiger partial charge in [0.25, 0.3) is 0 Å². The molecule has 1 unspecified atom stereocenters. The van der Waals surface area contributed by atoms with Crippen LogP contribution in [0.3, 0.4) is 0 Å². The Kier molecular flexibility index (Phi) is 1.90. The van der Waals surface area contributed by atoms with Crippen molar-refractivity contribution in [3.05, 3.63) is 16.5 Å². The monoisotopic (exact) mass is 162 g/mol. The maximum Gasteiger partial charge on any atom is 0.470 e. The van der Waals surface area contributed by atoms with Gasteiger partial charge in [0.1, 0.15) is 0 Å². The largest absolute Gasteiger partial charge is 0.470 e. The summed E-state index contributed by atoms with van der Waals surface area (Å²) >= 11 is 0. The maximum absolute atomic E-state index is 12.0. The Labute approximate surface area is 62.3 Å². The van der Waals surface area contributed by atoms with Crippen LogP contribution in [0, 0.1) is 6.07 Å². The molecule has 0 spiro atoms. The average molecular weight is 162 g/mol. The van der Waals surface area contributed by atoms with Crippen LogP contribution in [0.25, 0.3) is 4.85 Å². The molecule has 1 heterocycles. The summed E-state index contributed by atoms with van der Waals surface area (Å²) in [6, 6.07) is 0.658. The molecule has 11 heavy (non-hydrogen) atoms. The van der Waals surface area contributed by atoms with E-state index in [4.69, 9.17) is 0 Å². The van der Waals surface area contributed by atoms with Gasteiger partial charge in [-0.05, 0) is 6.92 Å². The first-order valence-corrected chi connectivity index (χ1v) is 3.18. The van der Waals surface area contributed by atoms with Gasteiger partial charge in [-0.2, -0.15) is 13.2 Å². The topological polar surface area (TPSA) is 4.36 Å². The number of hydrogen-bond donors (Lipinski definition) is 0. The molecular formula is C7H7F3N+. The van der Waals surface area contributed by atoms with Crippen LogP contribution in [0.4, 0.5) is 13.2 Å². The number of allylic oxidation sites excluding steroid dienone is 1. The summed E-state index contributed by atoms with van der Waals surface area (Å²) in [7, 11) is 0. The number of nitrogens with zero attached hydrogens (tertiary/aromatic N) is 1. The van der Waals surface area contributed by atoms with Crippen LogP contribution in [0.2, 0.25) is 0 Å². The Morgan fingerprint density at radius 3 is 2.64 bits per heavy atom. The molecule has 0 saturated heterocycles. The molecule has 0 radical (unpaired) electrons. The highest BCUT2D eigenvalue weighted by atomic mass is 19.4. The lowest BCUT2D eigenvalue weighted by molar-refractivity contribution is -0.138. The molecule has 1 atom stereocenters. The number of alkyl halides is 3. The van der Waals surface area contributed by atoms with E-state index in [1.807, 2.05) is 0 Å². The van der Waals surface area contributed by atoms with Crippen molar-refractivity contribution in [3.8, 4) is 6.07 Å². The Hall–Kier alpha value is -0.980. The summed E-state index contributed by atoms with van der Waals surface area (Å²) < 4.78 is 35.9. The van der Waals surface area contributed by atoms with Gasteiger partial charge in [0.15, 0.2) is 0 Å². The van der Waals surface area contributed by atoms with Crippen molar-refractivity contribution in [3.63, 3.8) is 0 Å². The molecular weight excluding hydrogens is 155 g/mol. The van der Waals surface area contributed by atoms with Crippen molar-refractivity contribution in [2.75, 3.05) is 0 Å². The van der Waals surface area contributed by atoms with Crippen molar-refractivity contribution >= 4 is 0 Å². The standard InChI is InChI=1S/C7H7F3N/c1-5-2-3-11-6(4-5)7(8,9)10/h2,6H,4H2,1H3/q+1. The third kappa shape index (κ3) is 1.97. The zero-order chi connectivity index (χ0) is 8.48. The second-order valence-electron chi connectivity index (χ2n) is 2.51. The van der Waals surface area contributed by atoms with Gasteiger partial charge in [-0.15, -0.1) is 0 Å². The third-order valence-electron chi connectivity index (χ3n) is 1.43. The van der Waals surface area contributed by atoms with Crippen molar-refractivity contribution in [2.24, 2.45) is 0 Å². The zero-order valence-corrected chi connectivity index (χ0v) is 5.94. The molecule has 1 aliphatic heterocycles. The second-order valence-corrected chi connectivity index (χ2v) is 2.51. The van der Waals surface area contributed by atoms with Crippen molar-refractivity contribution < 1.29 is 13.2 Å². The van der Waals surface area contributed by atoms with E-state index < -0.39 is 12.2 Å². The molecule has 0 saturated carbocycles. The quantitative estimate of drug-likeness (QED) is 0.515. The highest BCUT2D eigenvalue weighted by molar-refractivity contribution is 5.23. The van der Waals surface area contributed by atoms with Crippen molar-refractivity contribution in [1.82, 2.24) is 0 Å². The lowest BCUT2D eigenvalue weighted by Crippen LogP contribution is -2.26. The van der Waals surface area contributed by atoms with E-state index in [0.29, 0.717) is 5.57 Å². The minimum Gasteiger partial charge on any atom is -0.163 e. The van der Waals surface area contributed by atoms with Gasteiger partial charge < -0.3 is 0 Å². The lowest BCUT2D eigenvalue weighted by Gasteiger charge is -2.06. The van der Waals surface area contributed by atoms with Gasteiger partial charge in [-0.1, -0.05) is 10.4 Å². The Bertz CT molecular complexity index is 241. The first-order chi connectivity index (χ1) is 5.00. The van der Waals surface area contributed by atoms with Crippen LogP contribution in [0.5, 0.6) is 0 Å². The van der Waals surface area contributed by atoms with E-state index in [1.165, 1.54) is 6.08 Å². The summed E-state index contributed by atoms with van der Waals surface area (Å²) in [5, 5.41) is 0. The van der Waals surface area contributed by atoms with E-state index in [1.54, 1.807) is 6.92 Å². The lowest BCUT2D eigenvalue weighted by atomic mass is 10.1. The molecule has 0 N–H and O–H groups in total. The number of hydrogen-bond acceptors (Lipinski definition) is 0. The molecule has 0 amide bonds. The smallest absolute Gasteiger partial charge is 0.163 e. The minimum absolute atomic E-state index is 0.0312. The van der Waals surface area contributed by atoms with Crippen molar-refractivity contribution in [2.45, 2.75) is 25.6 Å². The number of rotatable bonds is 0. The molecule has 1 rings (SSSR count). The molecule has 60 valence electrons. The van der Waals surface area contributed by atoms with Crippen LogP contribution < -0.4 is 0 Å². The predicted octanol–water partition coefficient (Wildman–Crippen LogP) is 2.60. The zero-order valence-electron chi connectivity index (χ0n) is 5.94. The summed E-state index contributed by atoms with van der Waals surface area (Å²) in [6.45, 7) is 1.64. The van der Waals surface area contributed by atoms with Gasteiger partial charge in [0.05, 0.1) is 12.5 Å². The van der Waals surface area contributed by atoms with Gasteiger partial charge in [0, 0.05) is 0 Å². The average Bonchev–Trinajstić information content (AvgIpc) is 1.86. The normalized spacial score (nSPS) is 23.6. The molecule has 1 aliphatic rings. The molecule has 0 aliphatic carbocycles. The molecule has 0 bridgehead atoms. The predicted molar refractivity (Wildman–Crippen MR) is 35.5 cm³/mol. The Balaban J connectivity index is 2.72. The van der Waals surface area contributed by atoms with Crippen LogP contribution in [0.1, 0.15) is 13.3 Å². The summed E-state index contributed by atoms with van der Waals surface area (Å²) in [4.78, 5) is 3.20. The van der Waals surface area contributed by atoms with E-state index >= 15 is 0 Å². The van der Waals surface area contributed by atoms with Crippen LogP contribution in [-0.4, -0.2) is 12.2 Å². The molecule has 0 aromatic carbocycles. The summed E-state index contributed by atoms with van der Waals surface area (Å²) in [5.74, 6) is 0. The maximum atomic E-state index is 12.0. The van der Waals surface area contributed by atoms with Gasteiger partial charge in [0.2, 0.25) is 0 Å². The fraction of sp³-hybridized carbons (Fsp3) is 0.571. The highest BCUT2D eigenvalue weighted by Crippen LogP contribution is 2.29. The summed E-state index contributed by atoms with van der Waals surface area (Å²) in [6.07, 6.45) is -2.78. The first-order valence-electron chi connectivity index (χ1n) is 3.18. The SMILES string of the molecule is CC1=CC#[N+]C(C(F)(F)F)C1. The van der Waals surface area contributed by atoms with Gasteiger partial charge in [-0.25, -0.2) is 0 Å². The fourth-order valence-electron chi connectivity index (χ4n) is 0.836. The van der Waals surface area contributed by atoms with E-state index in [-0.39, 0.29) is 6.42 Å². The fourth-order valence-corrected chi connectivity index (χ4v) is 0.836. The van der Waals surface area contributed by atoms with E-state index in [0.717, 1.165) is 0 Å². The molecule has 1 nitrogen and oxygen atoms in total. The first kappa shape index (κ1) is 8.12. The second kappa shape index (κ2) is 2.57. The van der Waals surface area contributed by atoms with Gasteiger partial charge >= 0.3 is 18.3 Å². The molecule has 4 heteroatoms. The molecule has 0 aromatic rings. The molecule has 0 fully saturated rings. The number of halogens is 3. The van der Waals surface area contributed by atoms with Gasteiger partial charge in [-0.3, -0.25) is 0 Å². The van der Waals surface area contributed by atoms with Crippen LogP contribution >= 0.6 is 0 Å². The third-order valence-corrected chi connectivity index (χ3v) is 1.43. The van der Waals surface area contributed by atoms with E-state index in [2.05, 4.69) is 10.9 Å².